The fourth-order valence-electron chi connectivity index (χ4n) is 2.90. The number of ether oxygens (including phenoxy) is 1. The zero-order valence-electron chi connectivity index (χ0n) is 12.6. The van der Waals surface area contributed by atoms with Crippen molar-refractivity contribution in [2.24, 2.45) is 0 Å². The first-order valence-corrected chi connectivity index (χ1v) is 8.87. The van der Waals surface area contributed by atoms with Gasteiger partial charge < -0.3 is 10.1 Å². The van der Waals surface area contributed by atoms with Crippen LogP contribution in [0.3, 0.4) is 0 Å². The second kappa shape index (κ2) is 6.45. The Kier molecular flexibility index (Phi) is 4.57. The number of hydrogen-bond donors (Lipinski definition) is 1. The summed E-state index contributed by atoms with van der Waals surface area (Å²) < 4.78 is 34.0. The summed E-state index contributed by atoms with van der Waals surface area (Å²) in [6, 6.07) is -0.242. The van der Waals surface area contributed by atoms with Gasteiger partial charge in [-0.2, -0.15) is 17.0 Å². The van der Waals surface area contributed by atoms with E-state index >= 15 is 0 Å². The number of nitrogens with zero attached hydrogens (tertiary/aromatic N) is 4. The van der Waals surface area contributed by atoms with Crippen LogP contribution >= 0.6 is 0 Å². The molecule has 2 saturated heterocycles. The second-order valence-corrected chi connectivity index (χ2v) is 7.25. The van der Waals surface area contributed by atoms with Crippen LogP contribution in [0.15, 0.2) is 12.4 Å². The number of morpholine rings is 1. The first-order chi connectivity index (χ1) is 10.6. The Labute approximate surface area is 130 Å². The summed E-state index contributed by atoms with van der Waals surface area (Å²) in [6.45, 7) is 2.25. The highest BCUT2D eigenvalue weighted by atomic mass is 32.2. The highest BCUT2D eigenvalue weighted by molar-refractivity contribution is 7.86. The first-order valence-electron chi connectivity index (χ1n) is 7.47. The standard InChI is InChI=1S/C13H21N5O3S/c1-14-13-10-15-9-11(16-13)12-3-2-4-18(12)22(19,20)17-5-7-21-8-6-17/h9-10,12H,2-8H2,1H3,(H,14,16). The molecule has 0 saturated carbocycles. The Bertz CT molecular complexity index is 618. The lowest BCUT2D eigenvalue weighted by atomic mass is 10.2. The Morgan fingerprint density at radius 1 is 1.27 bits per heavy atom. The van der Waals surface area contributed by atoms with E-state index in [9.17, 15) is 8.42 Å². The van der Waals surface area contributed by atoms with Gasteiger partial charge in [0.25, 0.3) is 10.2 Å². The SMILES string of the molecule is CNc1cncc(C2CCCN2S(=O)(=O)N2CCOCC2)n1. The van der Waals surface area contributed by atoms with E-state index in [1.165, 1.54) is 4.31 Å². The molecule has 0 radical (unpaired) electrons. The minimum Gasteiger partial charge on any atom is -0.379 e. The summed E-state index contributed by atoms with van der Waals surface area (Å²) in [5, 5.41) is 2.94. The van der Waals surface area contributed by atoms with Crippen LogP contribution in [0.5, 0.6) is 0 Å². The molecule has 0 bridgehead atoms. The highest BCUT2D eigenvalue weighted by Crippen LogP contribution is 2.34. The van der Waals surface area contributed by atoms with Gasteiger partial charge in [0.15, 0.2) is 0 Å². The zero-order chi connectivity index (χ0) is 15.6. The van der Waals surface area contributed by atoms with Crippen molar-refractivity contribution in [3.63, 3.8) is 0 Å². The van der Waals surface area contributed by atoms with Crippen LogP contribution in [0.4, 0.5) is 5.82 Å². The number of hydrogen-bond acceptors (Lipinski definition) is 6. The van der Waals surface area contributed by atoms with Gasteiger partial charge >= 0.3 is 0 Å². The van der Waals surface area contributed by atoms with E-state index in [0.29, 0.717) is 44.4 Å². The molecule has 1 aromatic heterocycles. The monoisotopic (exact) mass is 327 g/mol. The van der Waals surface area contributed by atoms with E-state index in [0.717, 1.165) is 12.8 Å². The average molecular weight is 327 g/mol. The largest absolute Gasteiger partial charge is 0.379 e. The maximum atomic E-state index is 12.9. The minimum absolute atomic E-state index is 0.242. The van der Waals surface area contributed by atoms with Crippen molar-refractivity contribution in [2.45, 2.75) is 18.9 Å². The molecular weight excluding hydrogens is 306 g/mol. The molecule has 1 aromatic rings. The molecular formula is C13H21N5O3S. The van der Waals surface area contributed by atoms with Crippen LogP contribution in [0.1, 0.15) is 24.6 Å². The Hall–Kier alpha value is -1.29. The van der Waals surface area contributed by atoms with Crippen molar-refractivity contribution in [1.29, 1.82) is 0 Å². The van der Waals surface area contributed by atoms with E-state index in [-0.39, 0.29) is 6.04 Å². The van der Waals surface area contributed by atoms with Crippen molar-refractivity contribution in [2.75, 3.05) is 45.2 Å². The third-order valence-corrected chi connectivity index (χ3v) is 6.09. The molecule has 8 nitrogen and oxygen atoms in total. The van der Waals surface area contributed by atoms with Crippen molar-refractivity contribution in [3.05, 3.63) is 18.1 Å². The number of anilines is 1. The van der Waals surface area contributed by atoms with Gasteiger partial charge in [0.2, 0.25) is 0 Å². The first kappa shape index (κ1) is 15.6. The molecule has 1 N–H and O–H groups in total. The van der Waals surface area contributed by atoms with Gasteiger partial charge in [0.05, 0.1) is 37.3 Å². The Morgan fingerprint density at radius 3 is 2.77 bits per heavy atom. The van der Waals surface area contributed by atoms with Gasteiger partial charge in [-0.05, 0) is 12.8 Å². The van der Waals surface area contributed by atoms with E-state index in [1.807, 2.05) is 0 Å². The molecule has 1 atom stereocenters. The third-order valence-electron chi connectivity index (χ3n) is 4.05. The maximum absolute atomic E-state index is 12.9. The summed E-state index contributed by atoms with van der Waals surface area (Å²) in [7, 11) is -1.71. The smallest absolute Gasteiger partial charge is 0.282 e. The molecule has 2 aliphatic heterocycles. The fraction of sp³-hybridized carbons (Fsp3) is 0.692. The van der Waals surface area contributed by atoms with Gasteiger partial charge in [0.1, 0.15) is 5.82 Å². The molecule has 9 heteroatoms. The summed E-state index contributed by atoms with van der Waals surface area (Å²) in [4.78, 5) is 8.61. The molecule has 3 rings (SSSR count). The lowest BCUT2D eigenvalue weighted by Gasteiger charge is -2.32. The van der Waals surface area contributed by atoms with E-state index in [2.05, 4.69) is 15.3 Å². The van der Waals surface area contributed by atoms with E-state index in [4.69, 9.17) is 4.74 Å². The lowest BCUT2D eigenvalue weighted by molar-refractivity contribution is 0.0698. The van der Waals surface area contributed by atoms with Crippen LogP contribution in [-0.4, -0.2) is 66.9 Å². The second-order valence-electron chi connectivity index (χ2n) is 5.37. The van der Waals surface area contributed by atoms with Crippen molar-refractivity contribution in [3.8, 4) is 0 Å². The Morgan fingerprint density at radius 2 is 2.05 bits per heavy atom. The van der Waals surface area contributed by atoms with Crippen LogP contribution in [0.25, 0.3) is 0 Å². The van der Waals surface area contributed by atoms with Crippen molar-refractivity contribution >= 4 is 16.0 Å². The zero-order valence-corrected chi connectivity index (χ0v) is 13.4. The van der Waals surface area contributed by atoms with Crippen LogP contribution in [0, 0.1) is 0 Å². The third kappa shape index (κ3) is 2.94. The average Bonchev–Trinajstić information content (AvgIpc) is 3.06. The molecule has 22 heavy (non-hydrogen) atoms. The lowest BCUT2D eigenvalue weighted by Crippen LogP contribution is -2.48. The molecule has 2 aliphatic rings. The summed E-state index contributed by atoms with van der Waals surface area (Å²) in [6.07, 6.45) is 4.88. The van der Waals surface area contributed by atoms with Crippen LogP contribution in [0.2, 0.25) is 0 Å². The number of nitrogens with one attached hydrogen (secondary N) is 1. The fourth-order valence-corrected chi connectivity index (χ4v) is 4.70. The van der Waals surface area contributed by atoms with Gasteiger partial charge in [-0.3, -0.25) is 4.98 Å². The van der Waals surface area contributed by atoms with Gasteiger partial charge in [-0.25, -0.2) is 4.98 Å². The van der Waals surface area contributed by atoms with Crippen LogP contribution in [-0.2, 0) is 14.9 Å². The molecule has 3 heterocycles. The summed E-state index contributed by atoms with van der Waals surface area (Å²) >= 11 is 0. The molecule has 2 fully saturated rings. The minimum atomic E-state index is -3.48. The normalized spacial score (nSPS) is 24.5. The van der Waals surface area contributed by atoms with Crippen molar-refractivity contribution in [1.82, 2.24) is 18.6 Å². The van der Waals surface area contributed by atoms with E-state index < -0.39 is 10.2 Å². The quantitative estimate of drug-likeness (QED) is 0.852. The predicted molar refractivity (Wildman–Crippen MR) is 81.6 cm³/mol. The van der Waals surface area contributed by atoms with Crippen LogP contribution < -0.4 is 5.32 Å². The maximum Gasteiger partial charge on any atom is 0.282 e. The molecule has 0 aliphatic carbocycles. The molecule has 0 aromatic carbocycles. The number of rotatable bonds is 4. The number of aromatic nitrogens is 2. The predicted octanol–water partition coefficient (Wildman–Crippen LogP) is 0.232. The Balaban J connectivity index is 1.85. The van der Waals surface area contributed by atoms with Gasteiger partial charge in [-0.1, -0.05) is 0 Å². The summed E-state index contributed by atoms with van der Waals surface area (Å²) in [5.74, 6) is 0.646. The topological polar surface area (TPSA) is 87.7 Å². The molecule has 1 unspecified atom stereocenters. The van der Waals surface area contributed by atoms with Gasteiger partial charge in [-0.15, -0.1) is 0 Å². The molecule has 122 valence electrons. The van der Waals surface area contributed by atoms with E-state index in [1.54, 1.807) is 23.7 Å². The molecule has 0 spiro atoms. The summed E-state index contributed by atoms with van der Waals surface area (Å²) in [5.41, 5.74) is 0.696. The van der Waals surface area contributed by atoms with Gasteiger partial charge in [0, 0.05) is 26.7 Å². The molecule has 0 amide bonds. The highest BCUT2D eigenvalue weighted by Gasteiger charge is 2.40. The van der Waals surface area contributed by atoms with Crippen molar-refractivity contribution < 1.29 is 13.2 Å².